The van der Waals surface area contributed by atoms with Gasteiger partial charge in [-0.3, -0.25) is 0 Å². The smallest absolute Gasteiger partial charge is 0.181 e. The Hall–Kier alpha value is -1.51. The van der Waals surface area contributed by atoms with Crippen LogP contribution < -0.4 is 0 Å². The Balaban J connectivity index is 2.67. The number of thiocarbonyl (C=S) groups is 1. The number of aromatic nitrogens is 1. The van der Waals surface area contributed by atoms with E-state index in [4.69, 9.17) is 4.42 Å². The van der Waals surface area contributed by atoms with E-state index < -0.39 is 0 Å². The summed E-state index contributed by atoms with van der Waals surface area (Å²) in [6.07, 6.45) is 1.40. The highest BCUT2D eigenvalue weighted by Crippen LogP contribution is 2.19. The summed E-state index contributed by atoms with van der Waals surface area (Å²) < 4.78 is 5.07. The van der Waals surface area contributed by atoms with Gasteiger partial charge in [0.05, 0.1) is 10.8 Å². The molecule has 0 bridgehead atoms. The zero-order valence-electron chi connectivity index (χ0n) is 6.02. The van der Waals surface area contributed by atoms with Crippen molar-refractivity contribution in [1.82, 2.24) is 4.98 Å². The van der Waals surface area contributed by atoms with Gasteiger partial charge in [-0.15, -0.1) is 0 Å². The highest BCUT2D eigenvalue weighted by atomic mass is 32.1. The van der Waals surface area contributed by atoms with E-state index in [0.29, 0.717) is 5.58 Å². The first kappa shape index (κ1) is 7.16. The third-order valence-corrected chi connectivity index (χ3v) is 1.58. The fourth-order valence-electron chi connectivity index (χ4n) is 0.966. The van der Waals surface area contributed by atoms with Crippen LogP contribution in [0.15, 0.2) is 34.0 Å². The molecule has 58 valence electrons. The van der Waals surface area contributed by atoms with Gasteiger partial charge in [-0.25, -0.2) is 4.98 Å². The lowest BCUT2D eigenvalue weighted by molar-refractivity contribution is 0.602. The quantitative estimate of drug-likeness (QED) is 0.495. The number of oxazole rings is 1. The first-order chi connectivity index (χ1) is 5.90. The Bertz CT molecular complexity index is 457. The molecular weight excluding hydrogens is 172 g/mol. The average molecular weight is 176 g/mol. The summed E-state index contributed by atoms with van der Waals surface area (Å²) in [7, 11) is 0. The van der Waals surface area contributed by atoms with Gasteiger partial charge < -0.3 is 4.42 Å². The molecule has 0 N–H and O–H groups in total. The number of hydrogen-bond acceptors (Lipinski definition) is 4. The normalized spacial score (nSPS) is 9.67. The van der Waals surface area contributed by atoms with E-state index in [1.807, 2.05) is 12.1 Å². The maximum absolute atomic E-state index is 5.07. The minimum absolute atomic E-state index is 0.710. The molecule has 0 aliphatic carbocycles. The fraction of sp³-hybridized carbons (Fsp3) is 0. The fourth-order valence-corrected chi connectivity index (χ4v) is 1.07. The molecule has 1 heterocycles. The molecule has 0 unspecified atom stereocenters. The molecule has 2 aromatic rings. The number of rotatable bonds is 1. The zero-order valence-corrected chi connectivity index (χ0v) is 6.84. The van der Waals surface area contributed by atoms with E-state index >= 15 is 0 Å². The van der Waals surface area contributed by atoms with Crippen LogP contribution in [0, 0.1) is 0 Å². The molecule has 0 aliphatic heterocycles. The number of benzene rings is 1. The van der Waals surface area contributed by atoms with E-state index in [1.54, 1.807) is 6.07 Å². The van der Waals surface area contributed by atoms with Crippen molar-refractivity contribution in [3.63, 3.8) is 0 Å². The molecule has 3 nitrogen and oxygen atoms in total. The van der Waals surface area contributed by atoms with Crippen molar-refractivity contribution in [3.8, 4) is 0 Å². The minimum atomic E-state index is 0.710. The van der Waals surface area contributed by atoms with Crippen molar-refractivity contribution in [3.05, 3.63) is 24.6 Å². The third kappa shape index (κ3) is 1.13. The molecule has 0 fully saturated rings. The monoisotopic (exact) mass is 176 g/mol. The summed E-state index contributed by atoms with van der Waals surface area (Å²) in [5.74, 6) is 0. The van der Waals surface area contributed by atoms with E-state index in [0.717, 1.165) is 11.2 Å². The molecule has 2 rings (SSSR count). The van der Waals surface area contributed by atoms with E-state index in [2.05, 4.69) is 27.4 Å². The zero-order chi connectivity index (χ0) is 8.39. The predicted octanol–water partition coefficient (Wildman–Crippen LogP) is 2.56. The Labute approximate surface area is 73.7 Å². The van der Waals surface area contributed by atoms with Crippen LogP contribution >= 0.6 is 12.2 Å². The van der Waals surface area contributed by atoms with Crippen molar-refractivity contribution >= 4 is 34.2 Å². The standard InChI is InChI=1S/C8H4N2OS/c12-5-10-6-1-2-7-8(3-6)11-4-9-7/h1-4H. The second-order valence-electron chi connectivity index (χ2n) is 2.21. The maximum atomic E-state index is 5.07. The summed E-state index contributed by atoms with van der Waals surface area (Å²) in [6, 6.07) is 5.40. The van der Waals surface area contributed by atoms with Crippen LogP contribution in [0.4, 0.5) is 5.69 Å². The molecule has 4 heteroatoms. The summed E-state index contributed by atoms with van der Waals surface area (Å²) in [5.41, 5.74) is 2.26. The van der Waals surface area contributed by atoms with E-state index in [1.165, 1.54) is 6.39 Å². The molecule has 12 heavy (non-hydrogen) atoms. The van der Waals surface area contributed by atoms with Gasteiger partial charge in [0.2, 0.25) is 0 Å². The molecule has 1 aromatic carbocycles. The molecule has 1 aromatic heterocycles. The summed E-state index contributed by atoms with van der Waals surface area (Å²) in [5, 5.41) is 2.29. The second-order valence-corrected chi connectivity index (χ2v) is 2.39. The first-order valence-corrected chi connectivity index (χ1v) is 3.72. The Morgan fingerprint density at radius 1 is 1.50 bits per heavy atom. The highest BCUT2D eigenvalue weighted by molar-refractivity contribution is 7.78. The van der Waals surface area contributed by atoms with Gasteiger partial charge in [0, 0.05) is 6.07 Å². The first-order valence-electron chi connectivity index (χ1n) is 3.31. The molecule has 0 saturated heterocycles. The molecule has 0 spiro atoms. The van der Waals surface area contributed by atoms with E-state index in [9.17, 15) is 0 Å². The van der Waals surface area contributed by atoms with Gasteiger partial charge in [-0.2, -0.15) is 4.99 Å². The maximum Gasteiger partial charge on any atom is 0.181 e. The van der Waals surface area contributed by atoms with Crippen LogP contribution in [0.2, 0.25) is 0 Å². The topological polar surface area (TPSA) is 38.4 Å². The van der Waals surface area contributed by atoms with Crippen LogP contribution in [0.5, 0.6) is 0 Å². The highest BCUT2D eigenvalue weighted by Gasteiger charge is 1.97. The Morgan fingerprint density at radius 2 is 2.42 bits per heavy atom. The molecule has 0 atom stereocenters. The van der Waals surface area contributed by atoms with Gasteiger partial charge in [0.25, 0.3) is 0 Å². The second kappa shape index (κ2) is 2.85. The Kier molecular flexibility index (Phi) is 1.70. The Morgan fingerprint density at radius 3 is 3.25 bits per heavy atom. The van der Waals surface area contributed by atoms with Crippen molar-refractivity contribution < 1.29 is 4.42 Å². The summed E-state index contributed by atoms with van der Waals surface area (Å²) in [6.45, 7) is 0. The van der Waals surface area contributed by atoms with Crippen molar-refractivity contribution in [1.29, 1.82) is 0 Å². The van der Waals surface area contributed by atoms with Crippen molar-refractivity contribution in [2.75, 3.05) is 0 Å². The molecule has 0 aliphatic rings. The van der Waals surface area contributed by atoms with Crippen LogP contribution in [0.25, 0.3) is 11.1 Å². The molecule has 0 radical (unpaired) electrons. The van der Waals surface area contributed by atoms with Crippen LogP contribution in [0.1, 0.15) is 0 Å². The SMILES string of the molecule is S=C=Nc1ccc2ncoc2c1. The van der Waals surface area contributed by atoms with Gasteiger partial charge >= 0.3 is 0 Å². The lowest BCUT2D eigenvalue weighted by atomic mass is 10.3. The molecule has 0 amide bonds. The number of aliphatic imine (C=N–C) groups is 1. The summed E-state index contributed by atoms with van der Waals surface area (Å²) >= 11 is 4.47. The number of nitrogens with zero attached hydrogens (tertiary/aromatic N) is 2. The van der Waals surface area contributed by atoms with Crippen LogP contribution in [-0.4, -0.2) is 10.1 Å². The predicted molar refractivity (Wildman–Crippen MR) is 48.7 cm³/mol. The number of isothiocyanates is 1. The molecular formula is C8H4N2OS. The minimum Gasteiger partial charge on any atom is -0.443 e. The van der Waals surface area contributed by atoms with Crippen LogP contribution in [0.3, 0.4) is 0 Å². The average Bonchev–Trinajstić information content (AvgIpc) is 2.51. The van der Waals surface area contributed by atoms with Crippen molar-refractivity contribution in [2.45, 2.75) is 0 Å². The van der Waals surface area contributed by atoms with Crippen molar-refractivity contribution in [2.24, 2.45) is 4.99 Å². The van der Waals surface area contributed by atoms with Gasteiger partial charge in [-0.1, -0.05) is 0 Å². The number of fused-ring (bicyclic) bond motifs is 1. The van der Waals surface area contributed by atoms with Gasteiger partial charge in [-0.05, 0) is 24.4 Å². The van der Waals surface area contributed by atoms with Gasteiger partial charge in [0.1, 0.15) is 5.52 Å². The molecule has 0 saturated carbocycles. The summed E-state index contributed by atoms with van der Waals surface area (Å²) in [4.78, 5) is 7.78. The van der Waals surface area contributed by atoms with Crippen LogP contribution in [-0.2, 0) is 0 Å². The third-order valence-electron chi connectivity index (χ3n) is 1.49. The lowest BCUT2D eigenvalue weighted by Gasteiger charge is -1.88. The number of hydrogen-bond donors (Lipinski definition) is 0. The largest absolute Gasteiger partial charge is 0.443 e. The van der Waals surface area contributed by atoms with Gasteiger partial charge in [0.15, 0.2) is 12.0 Å². The van der Waals surface area contributed by atoms with E-state index in [-0.39, 0.29) is 0 Å². The lowest BCUT2D eigenvalue weighted by Crippen LogP contribution is -1.66.